The third-order valence-electron chi connectivity index (χ3n) is 3.94. The van der Waals surface area contributed by atoms with Gasteiger partial charge in [-0.15, -0.1) is 0 Å². The van der Waals surface area contributed by atoms with E-state index in [1.54, 1.807) is 0 Å². The highest BCUT2D eigenvalue weighted by molar-refractivity contribution is 5.83. The first-order valence-corrected chi connectivity index (χ1v) is 7.30. The summed E-state index contributed by atoms with van der Waals surface area (Å²) in [7, 11) is 0. The van der Waals surface area contributed by atoms with Gasteiger partial charge in [0.1, 0.15) is 5.82 Å². The minimum Gasteiger partial charge on any atom is -0.352 e. The Labute approximate surface area is 126 Å². The molecule has 0 radical (unpaired) electrons. The maximum Gasteiger partial charge on any atom is 0.132 e. The Bertz CT molecular complexity index is 741. The van der Waals surface area contributed by atoms with Gasteiger partial charge in [0.2, 0.25) is 0 Å². The Morgan fingerprint density at radius 2 is 2.19 bits per heavy atom. The van der Waals surface area contributed by atoms with Crippen molar-refractivity contribution in [2.75, 3.05) is 18.0 Å². The standard InChI is InChI=1S/C19H20N2/c1-4-6-15(5-2)13-21-10-9-16-12-17-11-14(3)7-8-18(17)20-19(16)21/h4-8,11-12H,1-2,9-10,13H2,3H3/b15-6+. The zero-order valence-corrected chi connectivity index (χ0v) is 12.5. The van der Waals surface area contributed by atoms with Crippen molar-refractivity contribution in [1.82, 2.24) is 4.98 Å². The van der Waals surface area contributed by atoms with E-state index in [1.807, 2.05) is 18.2 Å². The molecule has 0 unspecified atom stereocenters. The number of benzene rings is 1. The third kappa shape index (κ3) is 2.62. The fourth-order valence-corrected chi connectivity index (χ4v) is 2.86. The number of nitrogens with zero attached hydrogens (tertiary/aromatic N) is 2. The van der Waals surface area contributed by atoms with Crippen LogP contribution in [0.3, 0.4) is 0 Å². The average molecular weight is 276 g/mol. The van der Waals surface area contributed by atoms with Crippen LogP contribution in [-0.4, -0.2) is 18.1 Å². The number of aromatic nitrogens is 1. The van der Waals surface area contributed by atoms with Crippen molar-refractivity contribution >= 4 is 16.7 Å². The third-order valence-corrected chi connectivity index (χ3v) is 3.94. The molecule has 1 aromatic heterocycles. The second-order valence-corrected chi connectivity index (χ2v) is 5.52. The molecule has 106 valence electrons. The number of rotatable bonds is 4. The van der Waals surface area contributed by atoms with Gasteiger partial charge in [-0.2, -0.15) is 0 Å². The van der Waals surface area contributed by atoms with Crippen LogP contribution in [0.25, 0.3) is 10.9 Å². The number of pyridine rings is 1. The van der Waals surface area contributed by atoms with Crippen LogP contribution in [0.4, 0.5) is 5.82 Å². The smallest absolute Gasteiger partial charge is 0.132 e. The van der Waals surface area contributed by atoms with Gasteiger partial charge in [0.05, 0.1) is 5.52 Å². The molecule has 2 nitrogen and oxygen atoms in total. The van der Waals surface area contributed by atoms with Crippen molar-refractivity contribution in [3.8, 4) is 0 Å². The lowest BCUT2D eigenvalue weighted by Gasteiger charge is -2.19. The van der Waals surface area contributed by atoms with Crippen LogP contribution in [0.15, 0.2) is 61.2 Å². The van der Waals surface area contributed by atoms with Crippen LogP contribution in [0.2, 0.25) is 0 Å². The number of aryl methyl sites for hydroxylation is 1. The van der Waals surface area contributed by atoms with Crippen LogP contribution < -0.4 is 4.90 Å². The van der Waals surface area contributed by atoms with Crippen molar-refractivity contribution in [2.24, 2.45) is 0 Å². The topological polar surface area (TPSA) is 16.1 Å². The summed E-state index contributed by atoms with van der Waals surface area (Å²) in [6.07, 6.45) is 6.77. The quantitative estimate of drug-likeness (QED) is 0.778. The molecule has 0 fully saturated rings. The molecule has 0 bridgehead atoms. The number of hydrogen-bond acceptors (Lipinski definition) is 2. The normalized spacial score (nSPS) is 14.3. The number of hydrogen-bond donors (Lipinski definition) is 0. The van der Waals surface area contributed by atoms with Gasteiger partial charge in [0.25, 0.3) is 0 Å². The van der Waals surface area contributed by atoms with Crippen molar-refractivity contribution < 1.29 is 0 Å². The summed E-state index contributed by atoms with van der Waals surface area (Å²) in [5, 5.41) is 1.24. The molecule has 1 aliphatic heterocycles. The zero-order valence-electron chi connectivity index (χ0n) is 12.5. The maximum atomic E-state index is 4.86. The van der Waals surface area contributed by atoms with E-state index in [0.717, 1.165) is 30.8 Å². The molecule has 0 N–H and O–H groups in total. The molecule has 3 rings (SSSR count). The molecule has 2 aromatic rings. The predicted octanol–water partition coefficient (Wildman–Crippen LogP) is 4.20. The van der Waals surface area contributed by atoms with Crippen molar-refractivity contribution in [3.05, 3.63) is 72.4 Å². The highest BCUT2D eigenvalue weighted by Gasteiger charge is 2.21. The van der Waals surface area contributed by atoms with E-state index in [9.17, 15) is 0 Å². The molecule has 0 saturated heterocycles. The second-order valence-electron chi connectivity index (χ2n) is 5.52. The Morgan fingerprint density at radius 1 is 1.33 bits per heavy atom. The number of allylic oxidation sites excluding steroid dienone is 2. The fraction of sp³-hybridized carbons (Fsp3) is 0.211. The molecule has 0 aliphatic carbocycles. The minimum absolute atomic E-state index is 0.840. The first-order chi connectivity index (χ1) is 10.2. The number of anilines is 1. The van der Waals surface area contributed by atoms with E-state index in [4.69, 9.17) is 4.98 Å². The van der Waals surface area contributed by atoms with Gasteiger partial charge < -0.3 is 4.90 Å². The SMILES string of the molecule is C=C/C=C(\C=C)CN1CCc2cc3cc(C)ccc3nc21. The highest BCUT2D eigenvalue weighted by Crippen LogP contribution is 2.30. The van der Waals surface area contributed by atoms with E-state index < -0.39 is 0 Å². The predicted molar refractivity (Wildman–Crippen MR) is 90.9 cm³/mol. The summed E-state index contributed by atoms with van der Waals surface area (Å²) >= 11 is 0. The molecule has 2 heteroatoms. The van der Waals surface area contributed by atoms with Crippen molar-refractivity contribution in [1.29, 1.82) is 0 Å². The van der Waals surface area contributed by atoms with Gasteiger partial charge in [-0.05, 0) is 42.7 Å². The van der Waals surface area contributed by atoms with E-state index in [-0.39, 0.29) is 0 Å². The summed E-state index contributed by atoms with van der Waals surface area (Å²) in [4.78, 5) is 7.19. The van der Waals surface area contributed by atoms with Gasteiger partial charge in [0.15, 0.2) is 0 Å². The first kappa shape index (κ1) is 13.6. The van der Waals surface area contributed by atoms with Gasteiger partial charge in [-0.3, -0.25) is 0 Å². The van der Waals surface area contributed by atoms with E-state index >= 15 is 0 Å². The molecular weight excluding hydrogens is 256 g/mol. The Balaban J connectivity index is 1.98. The van der Waals surface area contributed by atoms with Crippen LogP contribution in [0, 0.1) is 6.92 Å². The lowest BCUT2D eigenvalue weighted by Crippen LogP contribution is -2.23. The van der Waals surface area contributed by atoms with Crippen LogP contribution in [0.5, 0.6) is 0 Å². The minimum atomic E-state index is 0.840. The van der Waals surface area contributed by atoms with Gasteiger partial charge in [0, 0.05) is 18.5 Å². The molecule has 0 saturated carbocycles. The summed E-state index contributed by atoms with van der Waals surface area (Å²) in [5.41, 5.74) is 4.86. The van der Waals surface area contributed by atoms with Gasteiger partial charge in [-0.25, -0.2) is 4.98 Å². The summed E-state index contributed by atoms with van der Waals surface area (Å²) in [5.74, 6) is 1.11. The first-order valence-electron chi connectivity index (χ1n) is 7.30. The van der Waals surface area contributed by atoms with Crippen LogP contribution in [0.1, 0.15) is 11.1 Å². The lowest BCUT2D eigenvalue weighted by molar-refractivity contribution is 0.880. The molecule has 2 heterocycles. The Hall–Kier alpha value is -2.35. The molecule has 1 aromatic carbocycles. The van der Waals surface area contributed by atoms with Crippen molar-refractivity contribution in [2.45, 2.75) is 13.3 Å². The molecular formula is C19H20N2. The van der Waals surface area contributed by atoms with Gasteiger partial charge >= 0.3 is 0 Å². The van der Waals surface area contributed by atoms with E-state index in [1.165, 1.54) is 22.1 Å². The average Bonchev–Trinajstić information content (AvgIpc) is 2.86. The molecule has 1 aliphatic rings. The van der Waals surface area contributed by atoms with Gasteiger partial charge in [-0.1, -0.05) is 43.0 Å². The highest BCUT2D eigenvalue weighted by atomic mass is 15.2. The lowest BCUT2D eigenvalue weighted by atomic mass is 10.1. The van der Waals surface area contributed by atoms with Crippen LogP contribution >= 0.6 is 0 Å². The summed E-state index contributed by atoms with van der Waals surface area (Å²) in [6.45, 7) is 11.6. The molecule has 0 amide bonds. The molecule has 21 heavy (non-hydrogen) atoms. The monoisotopic (exact) mass is 276 g/mol. The largest absolute Gasteiger partial charge is 0.352 e. The van der Waals surface area contributed by atoms with E-state index in [2.05, 4.69) is 49.2 Å². The Morgan fingerprint density at radius 3 is 2.95 bits per heavy atom. The van der Waals surface area contributed by atoms with E-state index in [0.29, 0.717) is 0 Å². The van der Waals surface area contributed by atoms with Crippen molar-refractivity contribution in [3.63, 3.8) is 0 Å². The van der Waals surface area contributed by atoms with Crippen LogP contribution in [-0.2, 0) is 6.42 Å². The molecule has 0 spiro atoms. The fourth-order valence-electron chi connectivity index (χ4n) is 2.86. The zero-order chi connectivity index (χ0) is 14.8. The Kier molecular flexibility index (Phi) is 3.61. The second kappa shape index (κ2) is 5.57. The molecule has 0 atom stereocenters. The maximum absolute atomic E-state index is 4.86. The summed E-state index contributed by atoms with van der Waals surface area (Å²) < 4.78 is 0. The summed E-state index contributed by atoms with van der Waals surface area (Å²) in [6, 6.07) is 8.72. The number of fused-ring (bicyclic) bond motifs is 2.